The van der Waals surface area contributed by atoms with Crippen molar-refractivity contribution < 1.29 is 20.4 Å². The van der Waals surface area contributed by atoms with E-state index in [0.29, 0.717) is 22.3 Å². The maximum absolute atomic E-state index is 11.3. The van der Waals surface area contributed by atoms with Crippen molar-refractivity contribution in [3.63, 3.8) is 0 Å². The van der Waals surface area contributed by atoms with E-state index >= 15 is 0 Å². The van der Waals surface area contributed by atoms with Crippen LogP contribution in [0.15, 0.2) is 36.4 Å². The van der Waals surface area contributed by atoms with E-state index in [9.17, 15) is 20.4 Å². The van der Waals surface area contributed by atoms with E-state index in [0.717, 1.165) is 73.6 Å². The average Bonchev–Trinajstić information content (AvgIpc) is 2.95. The van der Waals surface area contributed by atoms with E-state index in [4.69, 9.17) is 11.5 Å². The fourth-order valence-electron chi connectivity index (χ4n) is 6.68. The summed E-state index contributed by atoms with van der Waals surface area (Å²) in [5.74, 6) is 0.553. The minimum Gasteiger partial charge on any atom is -0.508 e. The molecule has 0 heterocycles. The first-order valence-corrected chi connectivity index (χ1v) is 14.1. The summed E-state index contributed by atoms with van der Waals surface area (Å²) >= 11 is 0. The molecule has 38 heavy (non-hydrogen) atoms. The monoisotopic (exact) mass is 516 g/mol. The summed E-state index contributed by atoms with van der Waals surface area (Å²) in [5.41, 5.74) is 18.2. The maximum Gasteiger partial charge on any atom is 0.166 e. The van der Waals surface area contributed by atoms with Crippen molar-refractivity contribution in [3.8, 4) is 45.3 Å². The molecule has 0 aliphatic heterocycles. The van der Waals surface area contributed by atoms with Gasteiger partial charge in [0.05, 0.1) is 0 Å². The number of rotatable bonds is 6. The van der Waals surface area contributed by atoms with Crippen LogP contribution in [-0.2, 0) is 13.1 Å². The van der Waals surface area contributed by atoms with Crippen molar-refractivity contribution in [1.29, 1.82) is 0 Å². The van der Waals surface area contributed by atoms with E-state index < -0.39 is 0 Å². The van der Waals surface area contributed by atoms with Gasteiger partial charge >= 0.3 is 0 Å². The molecule has 0 aromatic heterocycles. The van der Waals surface area contributed by atoms with Gasteiger partial charge in [0.2, 0.25) is 0 Å². The predicted octanol–water partition coefficient (Wildman–Crippen LogP) is 6.86. The Kier molecular flexibility index (Phi) is 7.82. The zero-order valence-corrected chi connectivity index (χ0v) is 22.0. The minimum absolute atomic E-state index is 0.162. The Morgan fingerprint density at radius 2 is 1.03 bits per heavy atom. The Hall–Kier alpha value is -3.22. The highest BCUT2D eigenvalue weighted by molar-refractivity contribution is 5.92. The standard InChI is InChI=1S/C32H40N2O4/c33-17-21-13-29(36)25(19-7-3-1-4-8-19)15-24(21)23-11-12-28(35)32(38)31(23)27-16-26(20-9-5-2-6-10-20)30(37)14-22(27)18-34/h11-16,19-20,35-38H,1-10,17-18,33-34H2. The molecule has 0 spiro atoms. The minimum atomic E-state index is -0.229. The van der Waals surface area contributed by atoms with Crippen LogP contribution in [0.1, 0.15) is 98.3 Å². The van der Waals surface area contributed by atoms with Gasteiger partial charge in [0.1, 0.15) is 11.5 Å². The topological polar surface area (TPSA) is 133 Å². The van der Waals surface area contributed by atoms with Crippen LogP contribution in [-0.4, -0.2) is 20.4 Å². The Balaban J connectivity index is 1.73. The van der Waals surface area contributed by atoms with Gasteiger partial charge in [-0.1, -0.05) is 38.5 Å². The lowest BCUT2D eigenvalue weighted by Gasteiger charge is -2.26. The lowest BCUT2D eigenvalue weighted by molar-refractivity contribution is 0.405. The van der Waals surface area contributed by atoms with Crippen molar-refractivity contribution in [1.82, 2.24) is 0 Å². The Morgan fingerprint density at radius 3 is 1.53 bits per heavy atom. The summed E-state index contributed by atoms with van der Waals surface area (Å²) < 4.78 is 0. The lowest BCUT2D eigenvalue weighted by atomic mass is 9.79. The molecule has 6 heteroatoms. The van der Waals surface area contributed by atoms with Gasteiger partial charge in [-0.25, -0.2) is 0 Å². The number of phenolic OH excluding ortho intramolecular Hbond substituents is 4. The van der Waals surface area contributed by atoms with Crippen LogP contribution in [0.25, 0.3) is 22.3 Å². The fraction of sp³-hybridized carbons (Fsp3) is 0.438. The molecule has 202 valence electrons. The third kappa shape index (κ3) is 4.95. The Bertz CT molecular complexity index is 1310. The summed E-state index contributed by atoms with van der Waals surface area (Å²) in [6, 6.07) is 10.7. The van der Waals surface area contributed by atoms with E-state index in [1.165, 1.54) is 18.9 Å². The second-order valence-electron chi connectivity index (χ2n) is 11.1. The largest absolute Gasteiger partial charge is 0.508 e. The van der Waals surface area contributed by atoms with Crippen LogP contribution in [0, 0.1) is 0 Å². The van der Waals surface area contributed by atoms with Crippen molar-refractivity contribution in [3.05, 3.63) is 58.7 Å². The highest BCUT2D eigenvalue weighted by atomic mass is 16.3. The zero-order chi connectivity index (χ0) is 26.8. The molecule has 2 aliphatic rings. The van der Waals surface area contributed by atoms with Crippen LogP contribution >= 0.6 is 0 Å². The summed E-state index contributed by atoms with van der Waals surface area (Å²) in [6.07, 6.45) is 11.0. The number of nitrogens with two attached hydrogens (primary N) is 2. The second-order valence-corrected chi connectivity index (χ2v) is 11.1. The first-order valence-electron chi connectivity index (χ1n) is 14.1. The number of hydrogen-bond acceptors (Lipinski definition) is 6. The summed E-state index contributed by atoms with van der Waals surface area (Å²) in [4.78, 5) is 0. The number of aromatic hydroxyl groups is 4. The van der Waals surface area contributed by atoms with Crippen molar-refractivity contribution in [2.24, 2.45) is 11.5 Å². The van der Waals surface area contributed by atoms with E-state index in [1.807, 2.05) is 12.1 Å². The molecule has 8 N–H and O–H groups in total. The molecule has 2 saturated carbocycles. The SMILES string of the molecule is NCc1cc(O)c(C2CCCCC2)cc1-c1ccc(O)c(O)c1-c1cc(C2CCCCC2)c(O)cc1CN. The van der Waals surface area contributed by atoms with Gasteiger partial charge in [-0.2, -0.15) is 0 Å². The maximum atomic E-state index is 11.3. The van der Waals surface area contributed by atoms with Gasteiger partial charge in [-0.05, 0) is 113 Å². The summed E-state index contributed by atoms with van der Waals surface area (Å²) in [6.45, 7) is 0.372. The molecule has 0 unspecified atom stereocenters. The van der Waals surface area contributed by atoms with Gasteiger partial charge in [0.15, 0.2) is 11.5 Å². The van der Waals surface area contributed by atoms with Crippen LogP contribution in [0.3, 0.4) is 0 Å². The van der Waals surface area contributed by atoms with E-state index in [1.54, 1.807) is 18.2 Å². The number of phenols is 4. The van der Waals surface area contributed by atoms with Crippen molar-refractivity contribution in [2.75, 3.05) is 0 Å². The molecule has 2 fully saturated rings. The first kappa shape index (κ1) is 26.4. The molecule has 5 rings (SSSR count). The fourth-order valence-corrected chi connectivity index (χ4v) is 6.68. The molecule has 0 amide bonds. The van der Waals surface area contributed by atoms with Gasteiger partial charge in [0.25, 0.3) is 0 Å². The van der Waals surface area contributed by atoms with Crippen LogP contribution in [0.5, 0.6) is 23.0 Å². The van der Waals surface area contributed by atoms with Crippen LogP contribution in [0.2, 0.25) is 0 Å². The molecule has 0 bridgehead atoms. The lowest BCUT2D eigenvalue weighted by Crippen LogP contribution is -2.08. The molecule has 3 aromatic rings. The molecule has 0 atom stereocenters. The summed E-state index contributed by atoms with van der Waals surface area (Å²) in [5, 5.41) is 43.8. The predicted molar refractivity (Wildman–Crippen MR) is 151 cm³/mol. The quantitative estimate of drug-likeness (QED) is 0.198. The third-order valence-electron chi connectivity index (χ3n) is 8.75. The number of hydrogen-bond donors (Lipinski definition) is 6. The second kappa shape index (κ2) is 11.3. The van der Waals surface area contributed by atoms with E-state index in [2.05, 4.69) is 0 Å². The Labute approximate surface area is 224 Å². The number of benzene rings is 3. The van der Waals surface area contributed by atoms with Crippen LogP contribution in [0.4, 0.5) is 0 Å². The van der Waals surface area contributed by atoms with Gasteiger partial charge < -0.3 is 31.9 Å². The molecular weight excluding hydrogens is 476 g/mol. The van der Waals surface area contributed by atoms with E-state index in [-0.39, 0.29) is 47.9 Å². The van der Waals surface area contributed by atoms with Crippen molar-refractivity contribution >= 4 is 0 Å². The molecule has 0 radical (unpaired) electrons. The van der Waals surface area contributed by atoms with Crippen LogP contribution < -0.4 is 11.5 Å². The zero-order valence-electron chi connectivity index (χ0n) is 22.0. The molecule has 2 aliphatic carbocycles. The first-order chi connectivity index (χ1) is 18.4. The highest BCUT2D eigenvalue weighted by Gasteiger charge is 2.26. The third-order valence-corrected chi connectivity index (χ3v) is 8.75. The smallest absolute Gasteiger partial charge is 0.166 e. The van der Waals surface area contributed by atoms with Gasteiger partial charge in [0, 0.05) is 18.7 Å². The summed E-state index contributed by atoms with van der Waals surface area (Å²) in [7, 11) is 0. The average molecular weight is 517 g/mol. The van der Waals surface area contributed by atoms with Crippen molar-refractivity contribution in [2.45, 2.75) is 89.1 Å². The van der Waals surface area contributed by atoms with Gasteiger partial charge in [-0.3, -0.25) is 0 Å². The molecule has 6 nitrogen and oxygen atoms in total. The normalized spacial score (nSPS) is 17.1. The molecule has 3 aromatic carbocycles. The Morgan fingerprint density at radius 1 is 0.553 bits per heavy atom. The van der Waals surface area contributed by atoms with Gasteiger partial charge in [-0.15, -0.1) is 0 Å². The molecular formula is C32H40N2O4. The highest BCUT2D eigenvalue weighted by Crippen LogP contribution is 2.49. The molecule has 0 saturated heterocycles.